The summed E-state index contributed by atoms with van der Waals surface area (Å²) in [7, 11) is 0. The molecule has 0 N–H and O–H groups in total. The van der Waals surface area contributed by atoms with E-state index in [1.165, 1.54) is 0 Å². The highest BCUT2D eigenvalue weighted by Gasteiger charge is 2.53. The van der Waals surface area contributed by atoms with Crippen molar-refractivity contribution < 1.29 is 14.3 Å². The summed E-state index contributed by atoms with van der Waals surface area (Å²) in [5.74, 6) is 1.16. The third kappa shape index (κ3) is 3.20. The maximum absolute atomic E-state index is 12.3. The van der Waals surface area contributed by atoms with Crippen molar-refractivity contribution in [2.75, 3.05) is 19.7 Å². The zero-order chi connectivity index (χ0) is 16.7. The summed E-state index contributed by atoms with van der Waals surface area (Å²) in [6, 6.07) is 6.01. The van der Waals surface area contributed by atoms with Crippen molar-refractivity contribution >= 4 is 5.91 Å². The molecule has 0 bridgehead atoms. The second-order valence-corrected chi connectivity index (χ2v) is 7.74. The molecule has 1 aliphatic carbocycles. The van der Waals surface area contributed by atoms with Gasteiger partial charge < -0.3 is 14.4 Å². The van der Waals surface area contributed by atoms with Crippen molar-refractivity contribution in [2.45, 2.75) is 51.4 Å². The lowest BCUT2D eigenvalue weighted by atomic mass is 9.84. The van der Waals surface area contributed by atoms with E-state index in [2.05, 4.69) is 11.9 Å². The lowest BCUT2D eigenvalue weighted by molar-refractivity contribution is -0.203. The van der Waals surface area contributed by atoms with Gasteiger partial charge in [0.25, 0.3) is 0 Å². The standard InChI is InChI=1S/C19H26N2O3/c1-13-8-17(13)18(22)21-11-19(12-21)9-16(6-7-24-19)23-10-15-5-3-4-14(2)20-15/h3-5,13,16-17H,6-12H2,1-2H3/t13-,16-,17+/m1/s1. The first-order valence-electron chi connectivity index (χ1n) is 9.02. The molecule has 1 aromatic heterocycles. The monoisotopic (exact) mass is 330 g/mol. The van der Waals surface area contributed by atoms with Crippen molar-refractivity contribution in [3.8, 4) is 0 Å². The third-order valence-corrected chi connectivity index (χ3v) is 5.56. The normalized spacial score (nSPS) is 30.9. The van der Waals surface area contributed by atoms with E-state index < -0.39 is 0 Å². The Hall–Kier alpha value is -1.46. The minimum atomic E-state index is -0.170. The Morgan fingerprint density at radius 3 is 2.96 bits per heavy atom. The van der Waals surface area contributed by atoms with Crippen LogP contribution in [0.15, 0.2) is 18.2 Å². The van der Waals surface area contributed by atoms with Crippen LogP contribution in [-0.2, 0) is 20.9 Å². The van der Waals surface area contributed by atoms with Crippen molar-refractivity contribution in [3.63, 3.8) is 0 Å². The molecule has 5 nitrogen and oxygen atoms in total. The molecule has 3 fully saturated rings. The molecule has 5 heteroatoms. The summed E-state index contributed by atoms with van der Waals surface area (Å²) in [6.07, 6.45) is 3.04. The highest BCUT2D eigenvalue weighted by molar-refractivity contribution is 5.82. The van der Waals surface area contributed by atoms with Gasteiger partial charge in [-0.2, -0.15) is 0 Å². The van der Waals surface area contributed by atoms with Crippen molar-refractivity contribution in [3.05, 3.63) is 29.6 Å². The molecule has 3 atom stereocenters. The van der Waals surface area contributed by atoms with Crippen LogP contribution in [0.4, 0.5) is 0 Å². The van der Waals surface area contributed by atoms with Gasteiger partial charge in [-0.05, 0) is 37.8 Å². The van der Waals surface area contributed by atoms with Crippen LogP contribution >= 0.6 is 0 Å². The van der Waals surface area contributed by atoms with Gasteiger partial charge in [0.2, 0.25) is 5.91 Å². The quantitative estimate of drug-likeness (QED) is 0.850. The Labute approximate surface area is 143 Å². The Morgan fingerprint density at radius 2 is 2.25 bits per heavy atom. The molecule has 3 heterocycles. The van der Waals surface area contributed by atoms with Crippen LogP contribution in [0.1, 0.15) is 37.6 Å². The highest BCUT2D eigenvalue weighted by atomic mass is 16.5. The molecule has 24 heavy (non-hydrogen) atoms. The van der Waals surface area contributed by atoms with Gasteiger partial charge in [0.15, 0.2) is 0 Å². The summed E-state index contributed by atoms with van der Waals surface area (Å²) in [5.41, 5.74) is 1.82. The van der Waals surface area contributed by atoms with Gasteiger partial charge in [-0.25, -0.2) is 0 Å². The number of hydrogen-bond acceptors (Lipinski definition) is 4. The smallest absolute Gasteiger partial charge is 0.226 e. The third-order valence-electron chi connectivity index (χ3n) is 5.56. The van der Waals surface area contributed by atoms with Crippen molar-refractivity contribution in [2.24, 2.45) is 11.8 Å². The fourth-order valence-corrected chi connectivity index (χ4v) is 3.93. The number of ether oxygens (including phenoxy) is 2. The zero-order valence-electron chi connectivity index (χ0n) is 14.5. The number of carbonyl (C=O) groups is 1. The van der Waals surface area contributed by atoms with E-state index in [1.54, 1.807) is 0 Å². The Balaban J connectivity index is 1.28. The number of amides is 1. The average Bonchev–Trinajstić information content (AvgIpc) is 3.27. The van der Waals surface area contributed by atoms with Crippen LogP contribution in [0.25, 0.3) is 0 Å². The van der Waals surface area contributed by atoms with Crippen LogP contribution in [0.3, 0.4) is 0 Å². The number of pyridine rings is 1. The minimum Gasteiger partial charge on any atom is -0.372 e. The van der Waals surface area contributed by atoms with Crippen LogP contribution in [-0.4, -0.2) is 47.2 Å². The number of aryl methyl sites for hydroxylation is 1. The molecule has 3 aliphatic rings. The lowest BCUT2D eigenvalue weighted by Crippen LogP contribution is -2.67. The molecule has 1 amide bonds. The first-order valence-corrected chi connectivity index (χ1v) is 9.02. The second kappa shape index (κ2) is 6.12. The van der Waals surface area contributed by atoms with Crippen LogP contribution in [0.2, 0.25) is 0 Å². The van der Waals surface area contributed by atoms with E-state index >= 15 is 0 Å². The number of hydrogen-bond donors (Lipinski definition) is 0. The molecule has 130 valence electrons. The molecule has 1 saturated carbocycles. The molecular weight excluding hydrogens is 304 g/mol. The molecule has 0 aromatic carbocycles. The van der Waals surface area contributed by atoms with E-state index in [1.807, 2.05) is 30.0 Å². The van der Waals surface area contributed by atoms with Crippen LogP contribution < -0.4 is 0 Å². The maximum atomic E-state index is 12.3. The van der Waals surface area contributed by atoms with Gasteiger partial charge in [0, 0.05) is 24.6 Å². The van der Waals surface area contributed by atoms with Gasteiger partial charge in [0.1, 0.15) is 5.60 Å². The minimum absolute atomic E-state index is 0.170. The van der Waals surface area contributed by atoms with E-state index in [4.69, 9.17) is 9.47 Å². The van der Waals surface area contributed by atoms with E-state index in [9.17, 15) is 4.79 Å². The molecule has 0 radical (unpaired) electrons. The van der Waals surface area contributed by atoms with E-state index in [0.29, 0.717) is 25.0 Å². The molecule has 1 aromatic rings. The lowest BCUT2D eigenvalue weighted by Gasteiger charge is -2.53. The average molecular weight is 330 g/mol. The van der Waals surface area contributed by atoms with Crippen molar-refractivity contribution in [1.29, 1.82) is 0 Å². The number of rotatable bonds is 4. The Kier molecular flexibility index (Phi) is 4.09. The van der Waals surface area contributed by atoms with E-state index in [0.717, 1.165) is 43.7 Å². The Bertz CT molecular complexity index is 627. The fourth-order valence-electron chi connectivity index (χ4n) is 3.93. The van der Waals surface area contributed by atoms with Gasteiger partial charge in [0.05, 0.1) is 31.5 Å². The summed E-state index contributed by atoms with van der Waals surface area (Å²) >= 11 is 0. The first kappa shape index (κ1) is 16.0. The maximum Gasteiger partial charge on any atom is 0.226 e. The molecule has 2 aliphatic heterocycles. The number of likely N-dealkylation sites (tertiary alicyclic amines) is 1. The summed E-state index contributed by atoms with van der Waals surface area (Å²) in [5, 5.41) is 0. The van der Waals surface area contributed by atoms with Gasteiger partial charge in [-0.1, -0.05) is 13.0 Å². The molecular formula is C19H26N2O3. The summed E-state index contributed by atoms with van der Waals surface area (Å²) < 4.78 is 12.1. The second-order valence-electron chi connectivity index (χ2n) is 7.74. The van der Waals surface area contributed by atoms with Gasteiger partial charge in [-0.15, -0.1) is 0 Å². The number of nitrogens with zero attached hydrogens (tertiary/aromatic N) is 2. The number of aromatic nitrogens is 1. The van der Waals surface area contributed by atoms with Crippen LogP contribution in [0.5, 0.6) is 0 Å². The molecule has 1 spiro atoms. The van der Waals surface area contributed by atoms with Crippen molar-refractivity contribution in [1.82, 2.24) is 9.88 Å². The van der Waals surface area contributed by atoms with Gasteiger partial charge in [-0.3, -0.25) is 9.78 Å². The molecule has 2 saturated heterocycles. The first-order chi connectivity index (χ1) is 11.5. The topological polar surface area (TPSA) is 51.7 Å². The van der Waals surface area contributed by atoms with E-state index in [-0.39, 0.29) is 17.6 Å². The highest BCUT2D eigenvalue weighted by Crippen LogP contribution is 2.43. The SMILES string of the molecule is Cc1cccc(CO[C@@H]2CCOC3(C2)CN(C(=O)[C@H]2C[C@H]2C)C3)n1. The van der Waals surface area contributed by atoms with Crippen LogP contribution in [0, 0.1) is 18.8 Å². The molecule has 0 unspecified atom stereocenters. The summed E-state index contributed by atoms with van der Waals surface area (Å²) in [4.78, 5) is 18.7. The fraction of sp³-hybridized carbons (Fsp3) is 0.684. The predicted molar refractivity (Wildman–Crippen MR) is 89.3 cm³/mol. The predicted octanol–water partition coefficient (Wildman–Crippen LogP) is 2.32. The number of carbonyl (C=O) groups excluding carboxylic acids is 1. The largest absolute Gasteiger partial charge is 0.372 e. The molecule has 4 rings (SSSR count). The summed E-state index contributed by atoms with van der Waals surface area (Å²) in [6.45, 7) is 6.87. The zero-order valence-corrected chi connectivity index (χ0v) is 14.5. The Morgan fingerprint density at radius 1 is 1.46 bits per heavy atom. The van der Waals surface area contributed by atoms with Gasteiger partial charge >= 0.3 is 0 Å².